The van der Waals surface area contributed by atoms with Crippen LogP contribution in [0.3, 0.4) is 0 Å². The van der Waals surface area contributed by atoms with Crippen molar-refractivity contribution in [2.45, 2.75) is 13.8 Å². The zero-order valence-corrected chi connectivity index (χ0v) is 5.44. The molecule has 0 heterocycles. The predicted molar refractivity (Wildman–Crippen MR) is 36.3 cm³/mol. The monoisotopic (exact) mass is 186 g/mol. The van der Waals surface area contributed by atoms with Gasteiger partial charge in [0.15, 0.2) is 0 Å². The average Bonchev–Trinajstić information content (AvgIpc) is 1.36. The van der Waals surface area contributed by atoms with Gasteiger partial charge in [-0.05, 0) is 0 Å². The molecule has 9 heavy (non-hydrogen) atoms. The van der Waals surface area contributed by atoms with Gasteiger partial charge in [-0.3, -0.25) is 9.11 Å². The fourth-order valence-corrected chi connectivity index (χ4v) is 0. The van der Waals surface area contributed by atoms with E-state index in [2.05, 4.69) is 0 Å². The predicted octanol–water partition coefficient (Wildman–Crippen LogP) is -1.10. The second-order valence-electron chi connectivity index (χ2n) is 0.448. The van der Waals surface area contributed by atoms with Crippen LogP contribution >= 0.6 is 0 Å². The molecule has 0 radical (unpaired) electrons. The summed E-state index contributed by atoms with van der Waals surface area (Å²) in [6, 6.07) is 0. The van der Waals surface area contributed by atoms with Gasteiger partial charge in [0.1, 0.15) is 0 Å². The van der Waals surface area contributed by atoms with E-state index in [1.807, 2.05) is 13.8 Å². The summed E-state index contributed by atoms with van der Waals surface area (Å²) in [5.74, 6) is 0. The maximum atomic E-state index is 8.74. The summed E-state index contributed by atoms with van der Waals surface area (Å²) in [6.45, 7) is 4.00. The Bertz CT molecular complexity index is 98.1. The molecule has 0 aromatic carbocycles. The van der Waals surface area contributed by atoms with Gasteiger partial charge in [0.25, 0.3) is 0 Å². The van der Waals surface area contributed by atoms with Crippen LogP contribution in [-0.4, -0.2) is 74.4 Å². The standard InChI is InChI=1S/C2H6.K.H2O4S.H2O.H/c1-2;;1-5(2,3)4;;/h1-2H3;;(H2,1,2,3,4);1H2;. The van der Waals surface area contributed by atoms with Gasteiger partial charge in [0, 0.05) is 0 Å². The second-order valence-corrected chi connectivity index (χ2v) is 1.34. The molecule has 0 aromatic heterocycles. The van der Waals surface area contributed by atoms with E-state index >= 15 is 0 Å². The van der Waals surface area contributed by atoms with Crippen molar-refractivity contribution in [2.75, 3.05) is 0 Å². The molecule has 0 aromatic rings. The van der Waals surface area contributed by atoms with Crippen molar-refractivity contribution >= 4 is 61.8 Å². The Morgan fingerprint density at radius 2 is 1.11 bits per heavy atom. The van der Waals surface area contributed by atoms with Gasteiger partial charge < -0.3 is 5.48 Å². The molecule has 4 N–H and O–H groups in total. The van der Waals surface area contributed by atoms with Gasteiger partial charge in [0.2, 0.25) is 0 Å². The van der Waals surface area contributed by atoms with Gasteiger partial charge >= 0.3 is 61.8 Å². The van der Waals surface area contributed by atoms with Crippen LogP contribution < -0.4 is 0 Å². The molecule has 0 spiro atoms. The topological polar surface area (TPSA) is 106 Å². The number of hydrogen-bond acceptors (Lipinski definition) is 2. The zero-order chi connectivity index (χ0) is 6.50. The molecule has 0 aliphatic carbocycles. The van der Waals surface area contributed by atoms with E-state index in [4.69, 9.17) is 17.5 Å². The molecule has 5 nitrogen and oxygen atoms in total. The Morgan fingerprint density at radius 3 is 1.11 bits per heavy atom. The Kier molecular flexibility index (Phi) is 30.3. The molecule has 0 aliphatic heterocycles. The summed E-state index contributed by atoms with van der Waals surface area (Å²) in [7, 11) is -4.67. The third-order valence-corrected chi connectivity index (χ3v) is 0. The summed E-state index contributed by atoms with van der Waals surface area (Å²) >= 11 is 0. The molecule has 56 valence electrons. The number of hydrogen-bond donors (Lipinski definition) is 2. The Labute approximate surface area is 97.1 Å². The van der Waals surface area contributed by atoms with Crippen molar-refractivity contribution in [2.24, 2.45) is 0 Å². The summed E-state index contributed by atoms with van der Waals surface area (Å²) < 4.78 is 31.6. The first-order valence-electron chi connectivity index (χ1n) is 1.70. The molecule has 0 atom stereocenters. The third kappa shape index (κ3) is 245. The van der Waals surface area contributed by atoms with Gasteiger partial charge in [-0.15, -0.1) is 0 Å². The average molecular weight is 186 g/mol. The Balaban J connectivity index is -0.0000000286. The van der Waals surface area contributed by atoms with E-state index in [1.54, 1.807) is 0 Å². The normalized spacial score (nSPS) is 7.11. The molecule has 0 rings (SSSR count). The van der Waals surface area contributed by atoms with Gasteiger partial charge in [0.05, 0.1) is 0 Å². The third-order valence-electron chi connectivity index (χ3n) is 0. The first kappa shape index (κ1) is 22.4. The molecule has 0 amide bonds. The SMILES string of the molecule is CC.O.O=S(=O)(O)O.[KH]. The summed E-state index contributed by atoms with van der Waals surface area (Å²) in [4.78, 5) is 0. The van der Waals surface area contributed by atoms with Crippen LogP contribution in [0.15, 0.2) is 0 Å². The minimum atomic E-state index is -4.67. The number of rotatable bonds is 0. The van der Waals surface area contributed by atoms with Crippen molar-refractivity contribution in [3.63, 3.8) is 0 Å². The van der Waals surface area contributed by atoms with E-state index in [9.17, 15) is 0 Å². The molecule has 0 aliphatic rings. The van der Waals surface area contributed by atoms with Gasteiger partial charge in [-0.1, -0.05) is 13.8 Å². The Morgan fingerprint density at radius 1 is 1.11 bits per heavy atom. The fraction of sp³-hybridized carbons (Fsp3) is 1.00. The quantitative estimate of drug-likeness (QED) is 0.370. The van der Waals surface area contributed by atoms with E-state index < -0.39 is 10.4 Å². The summed E-state index contributed by atoms with van der Waals surface area (Å²) in [5.41, 5.74) is 0. The molecule has 7 heteroatoms. The summed E-state index contributed by atoms with van der Waals surface area (Å²) in [5, 5.41) is 0. The molecular weight excluding hydrogens is 175 g/mol. The van der Waals surface area contributed by atoms with Crippen LogP contribution in [0, 0.1) is 0 Å². The molecule has 0 unspecified atom stereocenters. The van der Waals surface area contributed by atoms with Crippen molar-refractivity contribution in [1.82, 2.24) is 0 Å². The van der Waals surface area contributed by atoms with Gasteiger partial charge in [-0.2, -0.15) is 8.42 Å². The summed E-state index contributed by atoms with van der Waals surface area (Å²) in [6.07, 6.45) is 0. The van der Waals surface area contributed by atoms with Crippen molar-refractivity contribution in [3.05, 3.63) is 0 Å². The van der Waals surface area contributed by atoms with E-state index in [1.165, 1.54) is 0 Å². The Hall–Kier alpha value is 1.47. The minimum absolute atomic E-state index is 0. The molecular formula is C2H11KO5S. The van der Waals surface area contributed by atoms with E-state index in [0.717, 1.165) is 0 Å². The fourth-order valence-electron chi connectivity index (χ4n) is 0. The van der Waals surface area contributed by atoms with Crippen molar-refractivity contribution in [3.8, 4) is 0 Å². The zero-order valence-electron chi connectivity index (χ0n) is 4.62. The van der Waals surface area contributed by atoms with Crippen LogP contribution in [0.1, 0.15) is 13.8 Å². The van der Waals surface area contributed by atoms with Crippen LogP contribution in [0.25, 0.3) is 0 Å². The molecule has 0 saturated heterocycles. The second kappa shape index (κ2) is 12.2. The van der Waals surface area contributed by atoms with Crippen molar-refractivity contribution in [1.29, 1.82) is 0 Å². The van der Waals surface area contributed by atoms with E-state index in [-0.39, 0.29) is 56.9 Å². The molecule has 0 fully saturated rings. The van der Waals surface area contributed by atoms with Crippen LogP contribution in [0.5, 0.6) is 0 Å². The van der Waals surface area contributed by atoms with Gasteiger partial charge in [-0.25, -0.2) is 0 Å². The maximum absolute atomic E-state index is 8.74. The first-order chi connectivity index (χ1) is 3.00. The molecule has 0 bridgehead atoms. The van der Waals surface area contributed by atoms with Crippen molar-refractivity contribution < 1.29 is 23.0 Å². The van der Waals surface area contributed by atoms with Crippen LogP contribution in [0.4, 0.5) is 0 Å². The van der Waals surface area contributed by atoms with Crippen LogP contribution in [0.2, 0.25) is 0 Å². The molecule has 0 saturated carbocycles. The van der Waals surface area contributed by atoms with Crippen LogP contribution in [-0.2, 0) is 10.4 Å². The first-order valence-corrected chi connectivity index (χ1v) is 3.10. The van der Waals surface area contributed by atoms with E-state index in [0.29, 0.717) is 0 Å².